The van der Waals surface area contributed by atoms with Crippen LogP contribution in [0.1, 0.15) is 32.4 Å². The fraction of sp³-hybridized carbons (Fsp3) is 0.320. The van der Waals surface area contributed by atoms with E-state index in [1.807, 2.05) is 6.92 Å². The number of nitrogens with one attached hydrogen (secondary N) is 3. The Morgan fingerprint density at radius 1 is 1.00 bits per heavy atom. The van der Waals surface area contributed by atoms with Crippen molar-refractivity contribution in [3.05, 3.63) is 59.3 Å². The van der Waals surface area contributed by atoms with E-state index in [0.29, 0.717) is 46.3 Å². The highest BCUT2D eigenvalue weighted by atomic mass is 16.5. The summed E-state index contributed by atoms with van der Waals surface area (Å²) in [5.74, 6) is 0.561. The number of anilines is 2. The van der Waals surface area contributed by atoms with Gasteiger partial charge in [-0.2, -0.15) is 0 Å². The standard InChI is InChI=1S/C25H30N4O6/c1-6-29-15(3)21(23(30)35-7-2)22(28-25(29)32)16-9-8-10-17(11-16)26-24(31)27-18-12-19(33-4)14-20(13-18)34-5/h8-14,22H,6-7H2,1-5H3,(H,28,32)(H2,26,27,31). The highest BCUT2D eigenvalue weighted by molar-refractivity contribution is 6.00. The number of hydrogen-bond acceptors (Lipinski definition) is 6. The van der Waals surface area contributed by atoms with Crippen LogP contribution in [0, 0.1) is 0 Å². The molecule has 1 unspecified atom stereocenters. The summed E-state index contributed by atoms with van der Waals surface area (Å²) in [5, 5.41) is 8.38. The summed E-state index contributed by atoms with van der Waals surface area (Å²) in [5.41, 5.74) is 2.46. The van der Waals surface area contributed by atoms with Crippen LogP contribution in [0.25, 0.3) is 0 Å². The average molecular weight is 483 g/mol. The highest BCUT2D eigenvalue weighted by Gasteiger charge is 2.35. The molecule has 1 aliphatic heterocycles. The molecule has 0 radical (unpaired) electrons. The van der Waals surface area contributed by atoms with Crippen molar-refractivity contribution >= 4 is 29.4 Å². The predicted octanol–water partition coefficient (Wildman–Crippen LogP) is 4.27. The SMILES string of the molecule is CCOC(=O)C1=C(C)N(CC)C(=O)NC1c1cccc(NC(=O)Nc2cc(OC)cc(OC)c2)c1. The Kier molecular flexibility index (Phi) is 8.19. The van der Waals surface area contributed by atoms with Crippen LogP contribution in [0.5, 0.6) is 11.5 Å². The van der Waals surface area contributed by atoms with Crippen LogP contribution in [-0.2, 0) is 9.53 Å². The van der Waals surface area contributed by atoms with Crippen molar-refractivity contribution in [1.82, 2.24) is 10.2 Å². The van der Waals surface area contributed by atoms with Gasteiger partial charge < -0.3 is 30.2 Å². The zero-order valence-electron chi connectivity index (χ0n) is 20.4. The average Bonchev–Trinajstić information content (AvgIpc) is 2.83. The summed E-state index contributed by atoms with van der Waals surface area (Å²) in [7, 11) is 3.04. The predicted molar refractivity (Wildman–Crippen MR) is 132 cm³/mol. The zero-order valence-corrected chi connectivity index (χ0v) is 20.4. The molecule has 0 spiro atoms. The van der Waals surface area contributed by atoms with Gasteiger partial charge in [-0.1, -0.05) is 12.1 Å². The number of methoxy groups -OCH3 is 2. The molecule has 2 aromatic carbocycles. The van der Waals surface area contributed by atoms with Crippen molar-refractivity contribution in [3.8, 4) is 11.5 Å². The van der Waals surface area contributed by atoms with Gasteiger partial charge in [0.05, 0.1) is 32.4 Å². The van der Waals surface area contributed by atoms with Crippen LogP contribution in [-0.4, -0.2) is 50.3 Å². The molecule has 0 saturated heterocycles. The van der Waals surface area contributed by atoms with Crippen LogP contribution >= 0.6 is 0 Å². The van der Waals surface area contributed by atoms with Gasteiger partial charge in [0.2, 0.25) is 0 Å². The van der Waals surface area contributed by atoms with E-state index in [4.69, 9.17) is 14.2 Å². The Balaban J connectivity index is 1.85. The molecule has 186 valence electrons. The van der Waals surface area contributed by atoms with Crippen molar-refractivity contribution in [3.63, 3.8) is 0 Å². The molecule has 1 aliphatic rings. The second kappa shape index (κ2) is 11.3. The van der Waals surface area contributed by atoms with Crippen LogP contribution in [0.3, 0.4) is 0 Å². The third-order valence-electron chi connectivity index (χ3n) is 5.50. The lowest BCUT2D eigenvalue weighted by atomic mass is 9.94. The molecule has 0 bridgehead atoms. The molecule has 0 aliphatic carbocycles. The van der Waals surface area contributed by atoms with E-state index in [2.05, 4.69) is 16.0 Å². The number of carbonyl (C=O) groups excluding carboxylic acids is 3. The molecule has 1 atom stereocenters. The minimum atomic E-state index is -0.725. The van der Waals surface area contributed by atoms with Gasteiger partial charge in [-0.15, -0.1) is 0 Å². The summed E-state index contributed by atoms with van der Waals surface area (Å²) in [4.78, 5) is 39.6. The monoisotopic (exact) mass is 482 g/mol. The fourth-order valence-corrected chi connectivity index (χ4v) is 3.85. The minimum absolute atomic E-state index is 0.208. The lowest BCUT2D eigenvalue weighted by molar-refractivity contribution is -0.139. The van der Waals surface area contributed by atoms with Gasteiger partial charge in [0, 0.05) is 41.8 Å². The van der Waals surface area contributed by atoms with Crippen molar-refractivity contribution < 1.29 is 28.6 Å². The number of nitrogens with zero attached hydrogens (tertiary/aromatic N) is 1. The lowest BCUT2D eigenvalue weighted by Gasteiger charge is -2.34. The molecule has 2 aromatic rings. The highest BCUT2D eigenvalue weighted by Crippen LogP contribution is 2.32. The number of benzene rings is 2. The maximum absolute atomic E-state index is 12.8. The molecule has 10 nitrogen and oxygen atoms in total. The first-order valence-corrected chi connectivity index (χ1v) is 11.2. The Hall–Kier alpha value is -4.21. The normalized spacial score (nSPS) is 15.3. The molecule has 3 rings (SSSR count). The number of allylic oxidation sites excluding steroid dienone is 1. The molecule has 0 fully saturated rings. The molecule has 10 heteroatoms. The largest absolute Gasteiger partial charge is 0.497 e. The first-order valence-electron chi connectivity index (χ1n) is 11.2. The summed E-state index contributed by atoms with van der Waals surface area (Å²) in [6.45, 7) is 5.89. The summed E-state index contributed by atoms with van der Waals surface area (Å²) < 4.78 is 15.7. The van der Waals surface area contributed by atoms with Crippen molar-refractivity contribution in [2.75, 3.05) is 38.0 Å². The molecule has 35 heavy (non-hydrogen) atoms. The first kappa shape index (κ1) is 25.4. The van der Waals surface area contributed by atoms with Crippen molar-refractivity contribution in [2.45, 2.75) is 26.8 Å². The molecule has 3 N–H and O–H groups in total. The van der Waals surface area contributed by atoms with E-state index < -0.39 is 18.0 Å². The smallest absolute Gasteiger partial charge is 0.338 e. The summed E-state index contributed by atoms with van der Waals surface area (Å²) >= 11 is 0. The molecular formula is C25H30N4O6. The van der Waals surface area contributed by atoms with Crippen molar-refractivity contribution in [1.29, 1.82) is 0 Å². The maximum Gasteiger partial charge on any atom is 0.338 e. The Morgan fingerprint density at radius 3 is 2.26 bits per heavy atom. The third kappa shape index (κ3) is 5.84. The van der Waals surface area contributed by atoms with Gasteiger partial charge in [-0.05, 0) is 38.5 Å². The fourth-order valence-electron chi connectivity index (χ4n) is 3.85. The van der Waals surface area contributed by atoms with E-state index in [1.165, 1.54) is 19.1 Å². The molecule has 1 heterocycles. The van der Waals surface area contributed by atoms with E-state index >= 15 is 0 Å². The second-order valence-electron chi connectivity index (χ2n) is 7.65. The van der Waals surface area contributed by atoms with Gasteiger partial charge in [-0.3, -0.25) is 4.90 Å². The van der Waals surface area contributed by atoms with Crippen LogP contribution in [0.15, 0.2) is 53.7 Å². The molecule has 4 amide bonds. The van der Waals surface area contributed by atoms with Gasteiger partial charge in [0.1, 0.15) is 11.5 Å². The first-order chi connectivity index (χ1) is 16.8. The Bertz CT molecular complexity index is 1120. The van der Waals surface area contributed by atoms with E-state index in [1.54, 1.807) is 56.3 Å². The number of urea groups is 2. The van der Waals surface area contributed by atoms with Gasteiger partial charge in [0.15, 0.2) is 0 Å². The van der Waals surface area contributed by atoms with Crippen LogP contribution in [0.4, 0.5) is 21.0 Å². The van der Waals surface area contributed by atoms with Gasteiger partial charge >= 0.3 is 18.0 Å². The van der Waals surface area contributed by atoms with Crippen LogP contribution < -0.4 is 25.4 Å². The minimum Gasteiger partial charge on any atom is -0.497 e. The Labute approximate surface area is 204 Å². The summed E-state index contributed by atoms with van der Waals surface area (Å²) in [6.07, 6.45) is 0. The summed E-state index contributed by atoms with van der Waals surface area (Å²) in [6, 6.07) is 10.4. The number of ether oxygens (including phenoxy) is 3. The number of esters is 1. The third-order valence-corrected chi connectivity index (χ3v) is 5.50. The van der Waals surface area contributed by atoms with Gasteiger partial charge in [0.25, 0.3) is 0 Å². The number of hydrogen-bond donors (Lipinski definition) is 3. The zero-order chi connectivity index (χ0) is 25.5. The second-order valence-corrected chi connectivity index (χ2v) is 7.65. The number of rotatable bonds is 8. The topological polar surface area (TPSA) is 118 Å². The molecule has 0 aromatic heterocycles. The number of carbonyl (C=O) groups is 3. The van der Waals surface area contributed by atoms with E-state index in [0.717, 1.165) is 0 Å². The quantitative estimate of drug-likeness (QED) is 0.484. The van der Waals surface area contributed by atoms with Crippen LogP contribution in [0.2, 0.25) is 0 Å². The van der Waals surface area contributed by atoms with E-state index in [9.17, 15) is 14.4 Å². The van der Waals surface area contributed by atoms with Crippen molar-refractivity contribution in [2.24, 2.45) is 0 Å². The maximum atomic E-state index is 12.8. The van der Waals surface area contributed by atoms with E-state index in [-0.39, 0.29) is 12.6 Å². The Morgan fingerprint density at radius 2 is 1.66 bits per heavy atom. The molecule has 0 saturated carbocycles. The van der Waals surface area contributed by atoms with Gasteiger partial charge in [-0.25, -0.2) is 14.4 Å². The number of amides is 4. The lowest BCUT2D eigenvalue weighted by Crippen LogP contribution is -2.47. The molecular weight excluding hydrogens is 452 g/mol.